The zero-order valence-corrected chi connectivity index (χ0v) is 11.7. The second-order valence-electron chi connectivity index (χ2n) is 5.07. The van der Waals surface area contributed by atoms with E-state index in [4.69, 9.17) is 16.7 Å². The summed E-state index contributed by atoms with van der Waals surface area (Å²) in [5.41, 5.74) is 1.93. The van der Waals surface area contributed by atoms with E-state index in [2.05, 4.69) is 11.8 Å². The van der Waals surface area contributed by atoms with E-state index in [1.807, 2.05) is 18.2 Å². The molecule has 1 unspecified atom stereocenters. The van der Waals surface area contributed by atoms with E-state index in [0.29, 0.717) is 10.9 Å². The van der Waals surface area contributed by atoms with Crippen LogP contribution in [0.4, 0.5) is 5.69 Å². The molecule has 0 saturated carbocycles. The first-order chi connectivity index (χ1) is 9.06. The number of benzene rings is 1. The molecule has 1 saturated heterocycles. The average Bonchev–Trinajstić information content (AvgIpc) is 2.36. The molecule has 0 amide bonds. The molecule has 1 aromatic carbocycles. The maximum atomic E-state index is 10.7. The Labute approximate surface area is 118 Å². The predicted molar refractivity (Wildman–Crippen MR) is 78.7 cm³/mol. The van der Waals surface area contributed by atoms with Gasteiger partial charge in [0.1, 0.15) is 0 Å². The standard InChI is InChI=1S/C15H18ClNO2/c1-11-3-2-8-17(10-11)14-6-5-13(16)9-12(14)4-7-15(18)19/h4-7,9,11H,2-3,8,10H2,1H3,(H,18,19)/b7-4+. The number of rotatable bonds is 3. The number of hydrogen-bond donors (Lipinski definition) is 1. The SMILES string of the molecule is CC1CCCN(c2ccc(Cl)cc2/C=C/C(=O)O)C1. The van der Waals surface area contributed by atoms with Gasteiger partial charge in [-0.3, -0.25) is 0 Å². The van der Waals surface area contributed by atoms with Gasteiger partial charge in [0, 0.05) is 29.9 Å². The van der Waals surface area contributed by atoms with E-state index in [1.165, 1.54) is 12.8 Å². The van der Waals surface area contributed by atoms with Crippen molar-refractivity contribution in [3.8, 4) is 0 Å². The predicted octanol–water partition coefficient (Wildman–Crippen LogP) is 3.67. The van der Waals surface area contributed by atoms with Gasteiger partial charge >= 0.3 is 5.97 Å². The van der Waals surface area contributed by atoms with Crippen LogP contribution in [0.1, 0.15) is 25.3 Å². The van der Waals surface area contributed by atoms with Crippen molar-refractivity contribution >= 4 is 29.3 Å². The maximum absolute atomic E-state index is 10.7. The molecule has 0 aromatic heterocycles. The van der Waals surface area contributed by atoms with Crippen LogP contribution in [0.2, 0.25) is 5.02 Å². The van der Waals surface area contributed by atoms with Gasteiger partial charge in [-0.05, 0) is 48.6 Å². The highest BCUT2D eigenvalue weighted by molar-refractivity contribution is 6.30. The summed E-state index contributed by atoms with van der Waals surface area (Å²) in [6.45, 7) is 4.27. The molecule has 1 aliphatic heterocycles. The first kappa shape index (κ1) is 13.9. The van der Waals surface area contributed by atoms with Crippen LogP contribution in [0.5, 0.6) is 0 Å². The van der Waals surface area contributed by atoms with E-state index in [0.717, 1.165) is 30.4 Å². The molecule has 1 heterocycles. The molecule has 0 aliphatic carbocycles. The molecule has 19 heavy (non-hydrogen) atoms. The molecule has 2 rings (SSSR count). The lowest BCUT2D eigenvalue weighted by molar-refractivity contribution is -0.131. The molecular weight excluding hydrogens is 262 g/mol. The second-order valence-corrected chi connectivity index (χ2v) is 5.50. The third-order valence-electron chi connectivity index (χ3n) is 3.39. The third-order valence-corrected chi connectivity index (χ3v) is 3.63. The van der Waals surface area contributed by atoms with Gasteiger partial charge in [0.15, 0.2) is 0 Å². The van der Waals surface area contributed by atoms with Gasteiger partial charge in [0.25, 0.3) is 0 Å². The summed E-state index contributed by atoms with van der Waals surface area (Å²) in [4.78, 5) is 13.0. The van der Waals surface area contributed by atoms with Gasteiger partial charge < -0.3 is 10.0 Å². The number of carboxylic acid groups (broad SMARTS) is 1. The minimum absolute atomic E-state index is 0.624. The van der Waals surface area contributed by atoms with Crippen LogP contribution >= 0.6 is 11.6 Å². The van der Waals surface area contributed by atoms with Crippen LogP contribution in [0.25, 0.3) is 6.08 Å². The summed E-state index contributed by atoms with van der Waals surface area (Å²) >= 11 is 6.00. The van der Waals surface area contributed by atoms with Gasteiger partial charge in [-0.25, -0.2) is 4.79 Å². The van der Waals surface area contributed by atoms with E-state index >= 15 is 0 Å². The smallest absolute Gasteiger partial charge is 0.328 e. The first-order valence-corrected chi connectivity index (χ1v) is 6.89. The topological polar surface area (TPSA) is 40.5 Å². The molecule has 1 fully saturated rings. The Morgan fingerprint density at radius 3 is 3.00 bits per heavy atom. The number of nitrogens with zero attached hydrogens (tertiary/aromatic N) is 1. The number of piperidine rings is 1. The zero-order valence-electron chi connectivity index (χ0n) is 11.0. The van der Waals surface area contributed by atoms with Crippen molar-refractivity contribution < 1.29 is 9.90 Å². The molecule has 1 aliphatic rings. The van der Waals surface area contributed by atoms with Gasteiger partial charge in [-0.1, -0.05) is 18.5 Å². The summed E-state index contributed by atoms with van der Waals surface area (Å²) < 4.78 is 0. The lowest BCUT2D eigenvalue weighted by Crippen LogP contribution is -2.34. The van der Waals surface area contributed by atoms with Gasteiger partial charge in [0.2, 0.25) is 0 Å². The van der Waals surface area contributed by atoms with E-state index in [9.17, 15) is 4.79 Å². The van der Waals surface area contributed by atoms with Crippen molar-refractivity contribution in [3.05, 3.63) is 34.9 Å². The van der Waals surface area contributed by atoms with Crippen molar-refractivity contribution in [2.75, 3.05) is 18.0 Å². The fraction of sp³-hybridized carbons (Fsp3) is 0.400. The Kier molecular flexibility index (Phi) is 4.48. The minimum Gasteiger partial charge on any atom is -0.478 e. The molecule has 0 radical (unpaired) electrons. The van der Waals surface area contributed by atoms with E-state index in [1.54, 1.807) is 6.08 Å². The summed E-state index contributed by atoms with van der Waals surface area (Å²) in [5.74, 6) is -0.279. The van der Waals surface area contributed by atoms with Crippen LogP contribution in [-0.2, 0) is 4.79 Å². The number of hydrogen-bond acceptors (Lipinski definition) is 2. The third kappa shape index (κ3) is 3.74. The monoisotopic (exact) mass is 279 g/mol. The van der Waals surface area contributed by atoms with Crippen molar-refractivity contribution in [1.29, 1.82) is 0 Å². The molecule has 1 aromatic rings. The Balaban J connectivity index is 2.30. The molecule has 1 atom stereocenters. The lowest BCUT2D eigenvalue weighted by Gasteiger charge is -2.33. The highest BCUT2D eigenvalue weighted by atomic mass is 35.5. The molecule has 0 spiro atoms. The minimum atomic E-state index is -0.946. The Morgan fingerprint density at radius 1 is 1.53 bits per heavy atom. The number of anilines is 1. The fourth-order valence-electron chi connectivity index (χ4n) is 2.52. The molecule has 0 bridgehead atoms. The van der Waals surface area contributed by atoms with Crippen LogP contribution in [0, 0.1) is 5.92 Å². The number of carbonyl (C=O) groups is 1. The summed E-state index contributed by atoms with van der Waals surface area (Å²) in [7, 11) is 0. The quantitative estimate of drug-likeness (QED) is 0.858. The second kappa shape index (κ2) is 6.11. The molecule has 4 heteroatoms. The summed E-state index contributed by atoms with van der Waals surface area (Å²) in [6, 6.07) is 5.64. The van der Waals surface area contributed by atoms with Crippen LogP contribution in [0.3, 0.4) is 0 Å². The van der Waals surface area contributed by atoms with Crippen molar-refractivity contribution in [3.63, 3.8) is 0 Å². The summed E-state index contributed by atoms with van der Waals surface area (Å²) in [6.07, 6.45) is 5.20. The fourth-order valence-corrected chi connectivity index (χ4v) is 2.70. The largest absolute Gasteiger partial charge is 0.478 e. The highest BCUT2D eigenvalue weighted by Crippen LogP contribution is 2.29. The van der Waals surface area contributed by atoms with Gasteiger partial charge in [0.05, 0.1) is 0 Å². The number of aliphatic carboxylic acids is 1. The number of halogens is 1. The average molecular weight is 280 g/mol. The van der Waals surface area contributed by atoms with E-state index < -0.39 is 5.97 Å². The zero-order chi connectivity index (χ0) is 13.8. The van der Waals surface area contributed by atoms with Crippen molar-refractivity contribution in [2.45, 2.75) is 19.8 Å². The van der Waals surface area contributed by atoms with Crippen molar-refractivity contribution in [1.82, 2.24) is 0 Å². The summed E-state index contributed by atoms with van der Waals surface area (Å²) in [5, 5.41) is 9.38. The van der Waals surface area contributed by atoms with Crippen LogP contribution in [-0.4, -0.2) is 24.2 Å². The molecule has 1 N–H and O–H groups in total. The lowest BCUT2D eigenvalue weighted by atomic mass is 9.98. The van der Waals surface area contributed by atoms with Gasteiger partial charge in [-0.2, -0.15) is 0 Å². The highest BCUT2D eigenvalue weighted by Gasteiger charge is 2.18. The normalized spacial score (nSPS) is 19.9. The Morgan fingerprint density at radius 2 is 2.32 bits per heavy atom. The molecular formula is C15H18ClNO2. The molecule has 3 nitrogen and oxygen atoms in total. The first-order valence-electron chi connectivity index (χ1n) is 6.52. The Bertz CT molecular complexity index is 499. The van der Waals surface area contributed by atoms with Crippen molar-refractivity contribution in [2.24, 2.45) is 5.92 Å². The maximum Gasteiger partial charge on any atom is 0.328 e. The number of carboxylic acids is 1. The van der Waals surface area contributed by atoms with E-state index in [-0.39, 0.29) is 0 Å². The Hall–Kier alpha value is -1.48. The van der Waals surface area contributed by atoms with Gasteiger partial charge in [-0.15, -0.1) is 0 Å². The molecule has 102 valence electrons. The van der Waals surface area contributed by atoms with Crippen LogP contribution in [0.15, 0.2) is 24.3 Å². The van der Waals surface area contributed by atoms with Crippen LogP contribution < -0.4 is 4.90 Å².